The van der Waals surface area contributed by atoms with Crippen molar-refractivity contribution in [1.29, 1.82) is 0 Å². The van der Waals surface area contributed by atoms with Crippen molar-refractivity contribution < 1.29 is 13.9 Å². The van der Waals surface area contributed by atoms with Gasteiger partial charge in [0, 0.05) is 13.1 Å². The highest BCUT2D eigenvalue weighted by Crippen LogP contribution is 2.24. The van der Waals surface area contributed by atoms with E-state index in [4.69, 9.17) is 0 Å². The van der Waals surface area contributed by atoms with Crippen LogP contribution in [0.1, 0.15) is 25.2 Å². The Balaban J connectivity index is 1.88. The monoisotopic (exact) mass is 281 g/mol. The first-order valence-electron chi connectivity index (χ1n) is 6.79. The van der Waals surface area contributed by atoms with Crippen molar-refractivity contribution in [2.24, 2.45) is 0 Å². The van der Waals surface area contributed by atoms with Crippen molar-refractivity contribution in [2.45, 2.75) is 32.0 Å². The predicted octanol–water partition coefficient (Wildman–Crippen LogP) is 2.39. The third kappa shape index (κ3) is 2.53. The van der Waals surface area contributed by atoms with Crippen molar-refractivity contribution in [2.75, 3.05) is 13.1 Å². The highest BCUT2D eigenvalue weighted by Gasteiger charge is 2.22. The molecule has 0 amide bonds. The molecule has 0 unspecified atom stereocenters. The van der Waals surface area contributed by atoms with Gasteiger partial charge in [-0.05, 0) is 25.0 Å². The van der Waals surface area contributed by atoms with Crippen LogP contribution in [0.15, 0.2) is 24.3 Å². The number of rotatable bonds is 3. The van der Waals surface area contributed by atoms with Gasteiger partial charge in [0.15, 0.2) is 0 Å². The molecule has 1 aromatic carbocycles. The van der Waals surface area contributed by atoms with Gasteiger partial charge in [-0.3, -0.25) is 9.47 Å². The number of hydrogen-bond acceptors (Lipinski definition) is 3. The van der Waals surface area contributed by atoms with Crippen LogP contribution >= 0.6 is 0 Å². The van der Waals surface area contributed by atoms with E-state index < -0.39 is 6.55 Å². The van der Waals surface area contributed by atoms with Crippen molar-refractivity contribution in [3.05, 3.63) is 30.1 Å². The van der Waals surface area contributed by atoms with Crippen LogP contribution in [0.3, 0.4) is 0 Å². The first-order valence-corrected chi connectivity index (χ1v) is 6.79. The molecule has 1 aromatic heterocycles. The molecule has 1 aliphatic heterocycles. The third-order valence-corrected chi connectivity index (χ3v) is 3.79. The van der Waals surface area contributed by atoms with E-state index in [0.717, 1.165) is 4.57 Å². The number of likely N-dealkylation sites (tertiary alicyclic amines) is 1. The molecule has 0 aliphatic carbocycles. The Labute approximate surface area is 115 Å². The molecule has 1 N–H and O–H groups in total. The Morgan fingerprint density at radius 2 is 1.95 bits per heavy atom. The van der Waals surface area contributed by atoms with Crippen LogP contribution in [0, 0.1) is 0 Å². The number of imidazole rings is 1. The number of aromatic nitrogens is 2. The molecular weight excluding hydrogens is 264 g/mol. The average molecular weight is 281 g/mol. The fourth-order valence-corrected chi connectivity index (χ4v) is 2.70. The van der Waals surface area contributed by atoms with Crippen LogP contribution in [-0.2, 0) is 6.54 Å². The van der Waals surface area contributed by atoms with Gasteiger partial charge in [-0.15, -0.1) is 0 Å². The van der Waals surface area contributed by atoms with E-state index in [-0.39, 0.29) is 6.10 Å². The van der Waals surface area contributed by atoms with Gasteiger partial charge in [0.05, 0.1) is 23.7 Å². The summed E-state index contributed by atoms with van der Waals surface area (Å²) in [4.78, 5) is 6.39. The zero-order chi connectivity index (χ0) is 14.1. The number of aliphatic hydroxyl groups excluding tert-OH is 1. The Morgan fingerprint density at radius 1 is 1.25 bits per heavy atom. The van der Waals surface area contributed by atoms with Crippen molar-refractivity contribution in [3.63, 3.8) is 0 Å². The van der Waals surface area contributed by atoms with Gasteiger partial charge in [-0.1, -0.05) is 12.1 Å². The second-order valence-electron chi connectivity index (χ2n) is 5.17. The molecule has 1 aliphatic rings. The van der Waals surface area contributed by atoms with E-state index in [9.17, 15) is 13.9 Å². The lowest BCUT2D eigenvalue weighted by Gasteiger charge is -2.29. The summed E-state index contributed by atoms with van der Waals surface area (Å²) in [6.45, 7) is -0.764. The van der Waals surface area contributed by atoms with Gasteiger partial charge >= 0.3 is 6.55 Å². The molecule has 0 spiro atoms. The fraction of sp³-hybridized carbons (Fsp3) is 0.500. The number of para-hydroxylation sites is 2. The number of hydrogen-bond donors (Lipinski definition) is 1. The molecule has 0 bridgehead atoms. The summed E-state index contributed by atoms with van der Waals surface area (Å²) < 4.78 is 27.5. The first kappa shape index (κ1) is 13.5. The maximum absolute atomic E-state index is 13.3. The van der Waals surface area contributed by atoms with Crippen molar-refractivity contribution in [3.8, 4) is 0 Å². The van der Waals surface area contributed by atoms with Crippen LogP contribution < -0.4 is 0 Å². The van der Waals surface area contributed by atoms with Crippen molar-refractivity contribution >= 4 is 11.0 Å². The Bertz CT molecular complexity index is 591. The lowest BCUT2D eigenvalue weighted by atomic mass is 10.1. The molecule has 6 heteroatoms. The maximum Gasteiger partial charge on any atom is 0.320 e. The standard InChI is InChI=1S/C14H17F2N3O/c15-14(16)19-12-4-2-1-3-11(12)17-13(19)9-18-7-5-10(20)6-8-18/h1-4,10,14,20H,5-9H2. The SMILES string of the molecule is OC1CCN(Cc2nc3ccccc3n2C(F)F)CC1. The molecule has 1 saturated heterocycles. The number of halogens is 2. The number of piperidine rings is 1. The van der Waals surface area contributed by atoms with Gasteiger partial charge < -0.3 is 5.11 Å². The number of nitrogens with zero attached hydrogens (tertiary/aromatic N) is 3. The van der Waals surface area contributed by atoms with Gasteiger partial charge in [0.2, 0.25) is 0 Å². The number of fused-ring (bicyclic) bond motifs is 1. The van der Waals surface area contributed by atoms with Crippen LogP contribution in [0.4, 0.5) is 8.78 Å². The van der Waals surface area contributed by atoms with Gasteiger partial charge in [-0.25, -0.2) is 4.98 Å². The molecule has 108 valence electrons. The zero-order valence-electron chi connectivity index (χ0n) is 11.0. The van der Waals surface area contributed by atoms with Gasteiger partial charge in [0.25, 0.3) is 0 Å². The van der Waals surface area contributed by atoms with Crippen LogP contribution in [0.25, 0.3) is 11.0 Å². The van der Waals surface area contributed by atoms with Gasteiger partial charge in [-0.2, -0.15) is 8.78 Å². The molecule has 0 radical (unpaired) electrons. The lowest BCUT2D eigenvalue weighted by Crippen LogP contribution is -2.36. The van der Waals surface area contributed by atoms with E-state index in [1.165, 1.54) is 0 Å². The van der Waals surface area contributed by atoms with E-state index >= 15 is 0 Å². The van der Waals surface area contributed by atoms with E-state index in [1.54, 1.807) is 24.3 Å². The van der Waals surface area contributed by atoms with E-state index in [0.29, 0.717) is 49.3 Å². The minimum Gasteiger partial charge on any atom is -0.393 e. The minimum absolute atomic E-state index is 0.264. The summed E-state index contributed by atoms with van der Waals surface area (Å²) >= 11 is 0. The molecular formula is C14H17F2N3O. The smallest absolute Gasteiger partial charge is 0.320 e. The minimum atomic E-state index is -2.59. The number of alkyl halides is 2. The first-order chi connectivity index (χ1) is 9.65. The zero-order valence-corrected chi connectivity index (χ0v) is 11.0. The highest BCUT2D eigenvalue weighted by molar-refractivity contribution is 5.75. The molecule has 2 aromatic rings. The summed E-state index contributed by atoms with van der Waals surface area (Å²) in [6, 6.07) is 6.95. The molecule has 1 fully saturated rings. The largest absolute Gasteiger partial charge is 0.393 e. The molecule has 3 rings (SSSR count). The third-order valence-electron chi connectivity index (χ3n) is 3.79. The topological polar surface area (TPSA) is 41.3 Å². The van der Waals surface area contributed by atoms with Crippen molar-refractivity contribution in [1.82, 2.24) is 14.5 Å². The second-order valence-corrected chi connectivity index (χ2v) is 5.17. The second kappa shape index (κ2) is 5.46. The lowest BCUT2D eigenvalue weighted by molar-refractivity contribution is 0.0581. The van der Waals surface area contributed by atoms with E-state index in [1.807, 2.05) is 0 Å². The number of benzene rings is 1. The van der Waals surface area contributed by atoms with Crippen LogP contribution in [-0.4, -0.2) is 38.8 Å². The average Bonchev–Trinajstić information content (AvgIpc) is 2.79. The molecule has 2 heterocycles. The highest BCUT2D eigenvalue weighted by atomic mass is 19.3. The predicted molar refractivity (Wildman–Crippen MR) is 71.5 cm³/mol. The summed E-state index contributed by atoms with van der Waals surface area (Å²) in [5.74, 6) is 0.387. The Morgan fingerprint density at radius 3 is 2.65 bits per heavy atom. The molecule has 20 heavy (non-hydrogen) atoms. The molecule has 4 nitrogen and oxygen atoms in total. The quantitative estimate of drug-likeness (QED) is 0.939. The Kier molecular flexibility index (Phi) is 3.67. The maximum atomic E-state index is 13.3. The summed E-state index contributed by atoms with van der Waals surface area (Å²) in [7, 11) is 0. The van der Waals surface area contributed by atoms with Crippen LogP contribution in [0.5, 0.6) is 0 Å². The van der Waals surface area contributed by atoms with E-state index in [2.05, 4.69) is 9.88 Å². The Hall–Kier alpha value is -1.53. The van der Waals surface area contributed by atoms with Crippen LogP contribution in [0.2, 0.25) is 0 Å². The summed E-state index contributed by atoms with van der Waals surface area (Å²) in [5, 5.41) is 9.48. The van der Waals surface area contributed by atoms with Gasteiger partial charge in [0.1, 0.15) is 5.82 Å². The molecule has 0 atom stereocenters. The normalized spacial score (nSPS) is 18.2. The number of aliphatic hydroxyl groups is 1. The molecule has 0 saturated carbocycles. The summed E-state index contributed by atoms with van der Waals surface area (Å²) in [5.41, 5.74) is 1.06. The summed E-state index contributed by atoms with van der Waals surface area (Å²) in [6.07, 6.45) is 1.12. The fourth-order valence-electron chi connectivity index (χ4n) is 2.70.